The van der Waals surface area contributed by atoms with E-state index in [4.69, 9.17) is 4.74 Å². The molecule has 0 aliphatic heterocycles. The zero-order valence-corrected chi connectivity index (χ0v) is 12.0. The molecule has 0 fully saturated rings. The van der Waals surface area contributed by atoms with E-state index in [1.807, 2.05) is 10.9 Å². The highest BCUT2D eigenvalue weighted by Gasteiger charge is 2.24. The Hall–Kier alpha value is -0.940. The first kappa shape index (κ1) is 15.1. The van der Waals surface area contributed by atoms with Gasteiger partial charge in [-0.05, 0) is 25.8 Å². The van der Waals surface area contributed by atoms with Gasteiger partial charge in [0.25, 0.3) is 0 Å². The molecule has 1 aromatic rings. The van der Waals surface area contributed by atoms with Crippen molar-refractivity contribution in [3.8, 4) is 0 Å². The molecule has 0 amide bonds. The average Bonchev–Trinajstić information content (AvgIpc) is 2.83. The number of rotatable bonds is 9. The fraction of sp³-hybridized carbons (Fsp3) is 0.846. The zero-order valence-electron chi connectivity index (χ0n) is 12.0. The molecule has 104 valence electrons. The monoisotopic (exact) mass is 254 g/mol. The van der Waals surface area contributed by atoms with Gasteiger partial charge in [-0.1, -0.05) is 26.0 Å². The molecule has 0 saturated carbocycles. The highest BCUT2D eigenvalue weighted by molar-refractivity contribution is 5.05. The fourth-order valence-corrected chi connectivity index (χ4v) is 2.16. The second-order valence-corrected chi connectivity index (χ2v) is 4.50. The Bertz CT molecular complexity index is 323. The molecule has 18 heavy (non-hydrogen) atoms. The van der Waals surface area contributed by atoms with E-state index in [9.17, 15) is 0 Å². The molecular weight excluding hydrogens is 228 g/mol. The first-order valence-corrected chi connectivity index (χ1v) is 6.92. The van der Waals surface area contributed by atoms with E-state index in [1.54, 1.807) is 7.11 Å². The topological polar surface area (TPSA) is 52.0 Å². The quantitative estimate of drug-likeness (QED) is 0.733. The zero-order chi connectivity index (χ0) is 13.4. The standard InChI is InChI=1S/C13H26N4O/c1-5-8-14-13(12(7-3)18-4)11-10-15-16-17(11)9-6-2/h10,12-14H,5-9H2,1-4H3. The van der Waals surface area contributed by atoms with Crippen molar-refractivity contribution in [2.24, 2.45) is 0 Å². The number of hydrogen-bond donors (Lipinski definition) is 1. The Balaban J connectivity index is 2.89. The van der Waals surface area contributed by atoms with Crippen molar-refractivity contribution >= 4 is 0 Å². The maximum atomic E-state index is 5.58. The van der Waals surface area contributed by atoms with Gasteiger partial charge in [-0.25, -0.2) is 4.68 Å². The van der Waals surface area contributed by atoms with Crippen LogP contribution in [0, 0.1) is 0 Å². The minimum Gasteiger partial charge on any atom is -0.379 e. The minimum atomic E-state index is 0.158. The number of aryl methyl sites for hydroxylation is 1. The third kappa shape index (κ3) is 3.78. The molecule has 1 heterocycles. The molecule has 1 aromatic heterocycles. The summed E-state index contributed by atoms with van der Waals surface area (Å²) in [5.41, 5.74) is 1.12. The molecule has 1 N–H and O–H groups in total. The lowest BCUT2D eigenvalue weighted by molar-refractivity contribution is 0.0621. The Morgan fingerprint density at radius 1 is 1.33 bits per heavy atom. The summed E-state index contributed by atoms with van der Waals surface area (Å²) >= 11 is 0. The highest BCUT2D eigenvalue weighted by Crippen LogP contribution is 2.20. The second kappa shape index (κ2) is 8.21. The van der Waals surface area contributed by atoms with Gasteiger partial charge in [0.15, 0.2) is 0 Å². The molecule has 0 bridgehead atoms. The number of nitrogens with zero attached hydrogens (tertiary/aromatic N) is 3. The van der Waals surface area contributed by atoms with Gasteiger partial charge in [-0.3, -0.25) is 0 Å². The van der Waals surface area contributed by atoms with Crippen LogP contribution in [0.15, 0.2) is 6.20 Å². The number of ether oxygens (including phenoxy) is 1. The van der Waals surface area contributed by atoms with Crippen LogP contribution in [0.2, 0.25) is 0 Å². The van der Waals surface area contributed by atoms with Crippen LogP contribution in [0.3, 0.4) is 0 Å². The van der Waals surface area contributed by atoms with Crippen molar-refractivity contribution in [1.82, 2.24) is 20.3 Å². The van der Waals surface area contributed by atoms with Gasteiger partial charge in [0.2, 0.25) is 0 Å². The number of aromatic nitrogens is 3. The average molecular weight is 254 g/mol. The van der Waals surface area contributed by atoms with E-state index in [-0.39, 0.29) is 12.1 Å². The minimum absolute atomic E-state index is 0.158. The Morgan fingerprint density at radius 2 is 2.11 bits per heavy atom. The third-order valence-corrected chi connectivity index (χ3v) is 3.09. The van der Waals surface area contributed by atoms with Crippen molar-refractivity contribution < 1.29 is 4.74 Å². The Labute approximate surface area is 110 Å². The van der Waals surface area contributed by atoms with Gasteiger partial charge in [0.1, 0.15) is 0 Å². The maximum absolute atomic E-state index is 5.58. The lowest BCUT2D eigenvalue weighted by Crippen LogP contribution is -2.35. The van der Waals surface area contributed by atoms with Crippen LogP contribution in [-0.4, -0.2) is 34.8 Å². The summed E-state index contributed by atoms with van der Waals surface area (Å²) in [5, 5.41) is 11.7. The van der Waals surface area contributed by atoms with E-state index in [0.717, 1.165) is 38.0 Å². The molecule has 1 rings (SSSR count). The number of nitrogens with one attached hydrogen (secondary N) is 1. The molecule has 2 atom stereocenters. The number of hydrogen-bond acceptors (Lipinski definition) is 4. The van der Waals surface area contributed by atoms with Gasteiger partial charge in [0.05, 0.1) is 24.0 Å². The molecule has 5 nitrogen and oxygen atoms in total. The fourth-order valence-electron chi connectivity index (χ4n) is 2.16. The van der Waals surface area contributed by atoms with E-state index < -0.39 is 0 Å². The van der Waals surface area contributed by atoms with Crippen LogP contribution in [0.4, 0.5) is 0 Å². The second-order valence-electron chi connectivity index (χ2n) is 4.50. The first-order valence-electron chi connectivity index (χ1n) is 6.92. The molecule has 0 aliphatic carbocycles. The predicted octanol–water partition coefficient (Wildman–Crippen LogP) is 2.15. The van der Waals surface area contributed by atoms with Crippen molar-refractivity contribution in [2.75, 3.05) is 13.7 Å². The molecule has 0 spiro atoms. The van der Waals surface area contributed by atoms with E-state index >= 15 is 0 Å². The van der Waals surface area contributed by atoms with Gasteiger partial charge < -0.3 is 10.1 Å². The largest absolute Gasteiger partial charge is 0.379 e. The number of methoxy groups -OCH3 is 1. The molecule has 0 aliphatic rings. The molecule has 0 radical (unpaired) electrons. The molecule has 2 unspecified atom stereocenters. The van der Waals surface area contributed by atoms with Crippen molar-refractivity contribution in [3.05, 3.63) is 11.9 Å². The van der Waals surface area contributed by atoms with Crippen molar-refractivity contribution in [2.45, 2.75) is 58.7 Å². The third-order valence-electron chi connectivity index (χ3n) is 3.09. The summed E-state index contributed by atoms with van der Waals surface area (Å²) in [6, 6.07) is 0.168. The normalized spacial score (nSPS) is 14.7. The van der Waals surface area contributed by atoms with Gasteiger partial charge in [-0.2, -0.15) is 0 Å². The van der Waals surface area contributed by atoms with E-state index in [0.29, 0.717) is 0 Å². The summed E-state index contributed by atoms with van der Waals surface area (Å²) in [7, 11) is 1.77. The summed E-state index contributed by atoms with van der Waals surface area (Å²) in [6.07, 6.45) is 5.14. The molecule has 0 saturated heterocycles. The SMILES string of the molecule is CCCNC(c1cnnn1CCC)C(CC)OC. The predicted molar refractivity (Wildman–Crippen MR) is 72.4 cm³/mol. The molecule has 5 heteroatoms. The Morgan fingerprint density at radius 3 is 2.67 bits per heavy atom. The van der Waals surface area contributed by atoms with Crippen molar-refractivity contribution in [1.29, 1.82) is 0 Å². The van der Waals surface area contributed by atoms with Gasteiger partial charge in [-0.15, -0.1) is 5.10 Å². The Kier molecular flexibility index (Phi) is 6.90. The van der Waals surface area contributed by atoms with Crippen LogP contribution in [-0.2, 0) is 11.3 Å². The van der Waals surface area contributed by atoms with Crippen LogP contribution >= 0.6 is 0 Å². The van der Waals surface area contributed by atoms with Crippen LogP contribution in [0.5, 0.6) is 0 Å². The summed E-state index contributed by atoms with van der Waals surface area (Å²) in [5.74, 6) is 0. The van der Waals surface area contributed by atoms with Crippen LogP contribution in [0.25, 0.3) is 0 Å². The lowest BCUT2D eigenvalue weighted by atomic mass is 10.1. The summed E-state index contributed by atoms with van der Waals surface area (Å²) in [4.78, 5) is 0. The van der Waals surface area contributed by atoms with Gasteiger partial charge in [0, 0.05) is 13.7 Å². The smallest absolute Gasteiger partial charge is 0.0783 e. The maximum Gasteiger partial charge on any atom is 0.0783 e. The first-order chi connectivity index (χ1) is 8.78. The van der Waals surface area contributed by atoms with E-state index in [1.165, 1.54) is 0 Å². The lowest BCUT2D eigenvalue weighted by Gasteiger charge is -2.26. The highest BCUT2D eigenvalue weighted by atomic mass is 16.5. The molecule has 0 aromatic carbocycles. The summed E-state index contributed by atoms with van der Waals surface area (Å²) in [6.45, 7) is 8.33. The molecular formula is C13H26N4O. The van der Waals surface area contributed by atoms with Crippen molar-refractivity contribution in [3.63, 3.8) is 0 Å². The van der Waals surface area contributed by atoms with Crippen LogP contribution < -0.4 is 5.32 Å². The van der Waals surface area contributed by atoms with Gasteiger partial charge >= 0.3 is 0 Å². The van der Waals surface area contributed by atoms with E-state index in [2.05, 4.69) is 36.4 Å². The summed E-state index contributed by atoms with van der Waals surface area (Å²) < 4.78 is 7.57. The van der Waals surface area contributed by atoms with Crippen LogP contribution in [0.1, 0.15) is 51.8 Å².